The Balaban J connectivity index is 1.88. The molecular formula is C10H13NO3. The first kappa shape index (κ1) is 9.43. The monoisotopic (exact) mass is 195 g/mol. The van der Waals surface area contributed by atoms with Crippen molar-refractivity contribution in [3.8, 4) is 0 Å². The van der Waals surface area contributed by atoms with E-state index in [2.05, 4.69) is 4.98 Å². The molecule has 1 aliphatic rings. The lowest BCUT2D eigenvalue weighted by Crippen LogP contribution is -2.14. The van der Waals surface area contributed by atoms with Gasteiger partial charge in [0.05, 0.1) is 19.3 Å². The van der Waals surface area contributed by atoms with Crippen LogP contribution in [-0.4, -0.2) is 24.3 Å². The Bertz CT molecular complexity index is 341. The van der Waals surface area contributed by atoms with Crippen LogP contribution in [0, 0.1) is 0 Å². The fourth-order valence-electron chi connectivity index (χ4n) is 1.43. The molecule has 14 heavy (non-hydrogen) atoms. The van der Waals surface area contributed by atoms with E-state index in [9.17, 15) is 4.79 Å². The van der Waals surface area contributed by atoms with Crippen LogP contribution >= 0.6 is 0 Å². The highest BCUT2D eigenvalue weighted by molar-refractivity contribution is 5.02. The van der Waals surface area contributed by atoms with Gasteiger partial charge in [0, 0.05) is 18.4 Å². The Hall–Kier alpha value is -1.13. The van der Waals surface area contributed by atoms with Crippen LogP contribution in [0.3, 0.4) is 0 Å². The summed E-state index contributed by atoms with van der Waals surface area (Å²) in [5.74, 6) is 0. The number of hydrogen-bond acceptors (Lipinski definition) is 3. The number of H-pyrrole nitrogens is 1. The van der Waals surface area contributed by atoms with Crippen LogP contribution in [0.4, 0.5) is 0 Å². The van der Waals surface area contributed by atoms with Gasteiger partial charge in [-0.15, -0.1) is 0 Å². The molecule has 76 valence electrons. The summed E-state index contributed by atoms with van der Waals surface area (Å²) in [6.45, 7) is 1.89. The Labute approximate surface area is 81.9 Å². The number of hydrogen-bond donors (Lipinski definition) is 1. The van der Waals surface area contributed by atoms with Gasteiger partial charge < -0.3 is 14.5 Å². The summed E-state index contributed by atoms with van der Waals surface area (Å²) in [5, 5.41) is 0. The second-order valence-electron chi connectivity index (χ2n) is 3.34. The van der Waals surface area contributed by atoms with E-state index in [1.807, 2.05) is 6.07 Å². The van der Waals surface area contributed by atoms with Gasteiger partial charge in [-0.2, -0.15) is 0 Å². The number of pyridine rings is 1. The van der Waals surface area contributed by atoms with Gasteiger partial charge in [0.15, 0.2) is 0 Å². The summed E-state index contributed by atoms with van der Waals surface area (Å²) in [4.78, 5) is 13.7. The molecule has 1 fully saturated rings. The molecule has 1 N–H and O–H groups in total. The first-order valence-electron chi connectivity index (χ1n) is 4.72. The Morgan fingerprint density at radius 1 is 1.57 bits per heavy atom. The van der Waals surface area contributed by atoms with E-state index in [-0.39, 0.29) is 11.7 Å². The number of aromatic nitrogens is 1. The van der Waals surface area contributed by atoms with Crippen LogP contribution in [0.5, 0.6) is 0 Å². The van der Waals surface area contributed by atoms with Gasteiger partial charge in [-0.1, -0.05) is 6.07 Å². The van der Waals surface area contributed by atoms with Crippen LogP contribution in [0.1, 0.15) is 12.1 Å². The maximum absolute atomic E-state index is 11.0. The highest BCUT2D eigenvalue weighted by atomic mass is 16.5. The van der Waals surface area contributed by atoms with Crippen LogP contribution in [-0.2, 0) is 16.1 Å². The Morgan fingerprint density at radius 2 is 2.50 bits per heavy atom. The summed E-state index contributed by atoms with van der Waals surface area (Å²) >= 11 is 0. The van der Waals surface area contributed by atoms with Gasteiger partial charge in [0.2, 0.25) is 5.56 Å². The van der Waals surface area contributed by atoms with E-state index in [1.165, 1.54) is 6.07 Å². The highest BCUT2D eigenvalue weighted by Crippen LogP contribution is 2.09. The summed E-state index contributed by atoms with van der Waals surface area (Å²) < 4.78 is 10.7. The van der Waals surface area contributed by atoms with Crippen molar-refractivity contribution in [2.24, 2.45) is 0 Å². The minimum absolute atomic E-state index is 0.0891. The number of aromatic amines is 1. The first-order chi connectivity index (χ1) is 6.84. The summed E-state index contributed by atoms with van der Waals surface area (Å²) in [6, 6.07) is 5.06. The van der Waals surface area contributed by atoms with Crippen LogP contribution < -0.4 is 5.56 Å². The highest BCUT2D eigenvalue weighted by Gasteiger charge is 2.15. The van der Waals surface area contributed by atoms with Crippen molar-refractivity contribution in [1.82, 2.24) is 4.98 Å². The van der Waals surface area contributed by atoms with Gasteiger partial charge in [-0.25, -0.2) is 0 Å². The zero-order valence-corrected chi connectivity index (χ0v) is 7.86. The lowest BCUT2D eigenvalue weighted by molar-refractivity contribution is 0.0301. The number of nitrogens with one attached hydrogen (secondary N) is 1. The second kappa shape index (κ2) is 4.39. The second-order valence-corrected chi connectivity index (χ2v) is 3.34. The van der Waals surface area contributed by atoms with Crippen LogP contribution in [0.15, 0.2) is 23.0 Å². The van der Waals surface area contributed by atoms with Gasteiger partial charge in [0.1, 0.15) is 0 Å². The molecule has 0 aromatic carbocycles. The van der Waals surface area contributed by atoms with Crippen molar-refractivity contribution in [1.29, 1.82) is 0 Å². The van der Waals surface area contributed by atoms with E-state index in [1.54, 1.807) is 6.07 Å². The molecule has 0 amide bonds. The van der Waals surface area contributed by atoms with E-state index >= 15 is 0 Å². The molecule has 1 aromatic heterocycles. The van der Waals surface area contributed by atoms with Gasteiger partial charge in [0.25, 0.3) is 0 Å². The molecule has 0 saturated carbocycles. The minimum atomic E-state index is -0.0891. The predicted octanol–water partition coefficient (Wildman–Crippen LogP) is 0.680. The molecule has 2 rings (SSSR count). The summed E-state index contributed by atoms with van der Waals surface area (Å²) in [6.07, 6.45) is 1.12. The van der Waals surface area contributed by atoms with Gasteiger partial charge in [-0.05, 0) is 12.5 Å². The Kier molecular flexibility index (Phi) is 2.96. The molecule has 2 heterocycles. The molecule has 0 bridgehead atoms. The topological polar surface area (TPSA) is 51.3 Å². The van der Waals surface area contributed by atoms with Crippen molar-refractivity contribution in [2.75, 3.05) is 13.2 Å². The minimum Gasteiger partial charge on any atom is -0.379 e. The van der Waals surface area contributed by atoms with Gasteiger partial charge >= 0.3 is 0 Å². The third-order valence-electron chi connectivity index (χ3n) is 2.19. The lowest BCUT2D eigenvalue weighted by Gasteiger charge is -2.08. The number of ether oxygens (including phenoxy) is 2. The fourth-order valence-corrected chi connectivity index (χ4v) is 1.43. The zero-order chi connectivity index (χ0) is 9.80. The molecule has 1 aromatic rings. The van der Waals surface area contributed by atoms with Crippen molar-refractivity contribution >= 4 is 0 Å². The molecule has 1 atom stereocenters. The third-order valence-corrected chi connectivity index (χ3v) is 2.19. The van der Waals surface area contributed by atoms with E-state index in [0.717, 1.165) is 18.7 Å². The van der Waals surface area contributed by atoms with E-state index in [0.29, 0.717) is 13.2 Å². The average molecular weight is 195 g/mol. The molecule has 4 nitrogen and oxygen atoms in total. The molecule has 1 aliphatic heterocycles. The summed E-state index contributed by atoms with van der Waals surface area (Å²) in [5.41, 5.74) is 0.721. The normalized spacial score (nSPS) is 21.3. The Morgan fingerprint density at radius 3 is 3.21 bits per heavy atom. The average Bonchev–Trinajstić information content (AvgIpc) is 2.67. The van der Waals surface area contributed by atoms with Crippen LogP contribution in [0.2, 0.25) is 0 Å². The number of rotatable bonds is 3. The largest absolute Gasteiger partial charge is 0.379 e. The third kappa shape index (κ3) is 2.43. The maximum Gasteiger partial charge on any atom is 0.248 e. The van der Waals surface area contributed by atoms with Crippen molar-refractivity contribution in [3.63, 3.8) is 0 Å². The van der Waals surface area contributed by atoms with E-state index < -0.39 is 0 Å². The van der Waals surface area contributed by atoms with Crippen molar-refractivity contribution in [3.05, 3.63) is 34.2 Å². The predicted molar refractivity (Wildman–Crippen MR) is 51.1 cm³/mol. The van der Waals surface area contributed by atoms with E-state index in [4.69, 9.17) is 9.47 Å². The molecule has 1 saturated heterocycles. The first-order valence-corrected chi connectivity index (χ1v) is 4.72. The smallest absolute Gasteiger partial charge is 0.248 e. The SMILES string of the molecule is O=c1cccc(COC2CCOC2)[nH]1. The fraction of sp³-hybridized carbons (Fsp3) is 0.500. The lowest BCUT2D eigenvalue weighted by atomic mass is 10.3. The van der Waals surface area contributed by atoms with Crippen molar-refractivity contribution < 1.29 is 9.47 Å². The zero-order valence-electron chi connectivity index (χ0n) is 7.86. The molecule has 4 heteroatoms. The molecular weight excluding hydrogens is 182 g/mol. The standard InChI is InChI=1S/C10H13NO3/c12-10-3-1-2-8(11-10)6-14-9-4-5-13-7-9/h1-3,9H,4-7H2,(H,11,12). The maximum atomic E-state index is 11.0. The molecule has 0 spiro atoms. The summed E-state index contributed by atoms with van der Waals surface area (Å²) in [7, 11) is 0. The van der Waals surface area contributed by atoms with Gasteiger partial charge in [-0.3, -0.25) is 4.79 Å². The molecule has 0 radical (unpaired) electrons. The van der Waals surface area contributed by atoms with Crippen LogP contribution in [0.25, 0.3) is 0 Å². The molecule has 1 unspecified atom stereocenters. The molecule has 0 aliphatic carbocycles. The quantitative estimate of drug-likeness (QED) is 0.771. The van der Waals surface area contributed by atoms with Crippen molar-refractivity contribution in [2.45, 2.75) is 19.1 Å².